The Bertz CT molecular complexity index is 154. The third-order valence-corrected chi connectivity index (χ3v) is 2.48. The third-order valence-electron chi connectivity index (χ3n) is 2.48. The van der Waals surface area contributed by atoms with Crippen LogP contribution in [0.5, 0.6) is 0 Å². The van der Waals surface area contributed by atoms with E-state index in [1.165, 1.54) is 25.8 Å². The molecule has 0 saturated heterocycles. The SMILES string of the molecule is CCCCN1C=CN(C)C1CC. The number of unbranched alkanes of at least 4 members (excludes halogenated alkanes) is 1. The zero-order valence-electron chi connectivity index (χ0n) is 8.45. The normalized spacial score (nSPS) is 22.4. The first-order valence-electron chi connectivity index (χ1n) is 4.95. The van der Waals surface area contributed by atoms with Crippen molar-refractivity contribution in [2.45, 2.75) is 39.3 Å². The van der Waals surface area contributed by atoms with E-state index in [0.717, 1.165) is 0 Å². The quantitative estimate of drug-likeness (QED) is 0.635. The second kappa shape index (κ2) is 4.39. The summed E-state index contributed by atoms with van der Waals surface area (Å²) in [6, 6.07) is 0. The third kappa shape index (κ3) is 1.93. The first kappa shape index (κ1) is 9.43. The molecule has 0 N–H and O–H groups in total. The maximum absolute atomic E-state index is 2.43. The molecule has 0 amide bonds. The van der Waals surface area contributed by atoms with E-state index in [1.807, 2.05) is 0 Å². The molecule has 70 valence electrons. The molecule has 1 rings (SSSR count). The monoisotopic (exact) mass is 168 g/mol. The zero-order valence-corrected chi connectivity index (χ0v) is 8.45. The minimum absolute atomic E-state index is 0.608. The summed E-state index contributed by atoms with van der Waals surface area (Å²) in [5.74, 6) is 0. The fraction of sp³-hybridized carbons (Fsp3) is 0.800. The highest BCUT2D eigenvalue weighted by Gasteiger charge is 2.20. The zero-order chi connectivity index (χ0) is 8.97. The van der Waals surface area contributed by atoms with Gasteiger partial charge < -0.3 is 9.80 Å². The standard InChI is InChI=1S/C10H20N2/c1-4-6-7-12-9-8-11(3)10(12)5-2/h8-10H,4-7H2,1-3H3. The summed E-state index contributed by atoms with van der Waals surface area (Å²) in [5.41, 5.74) is 0. The maximum atomic E-state index is 2.43. The molecule has 1 aliphatic rings. The van der Waals surface area contributed by atoms with Crippen LogP contribution in [0, 0.1) is 0 Å². The molecule has 0 aliphatic carbocycles. The van der Waals surface area contributed by atoms with E-state index >= 15 is 0 Å². The number of nitrogens with zero attached hydrogens (tertiary/aromatic N) is 2. The highest BCUT2D eigenvalue weighted by Crippen LogP contribution is 2.16. The lowest BCUT2D eigenvalue weighted by Gasteiger charge is -2.29. The molecule has 0 fully saturated rings. The van der Waals surface area contributed by atoms with Crippen molar-refractivity contribution < 1.29 is 0 Å². The largest absolute Gasteiger partial charge is 0.359 e. The molecule has 1 atom stereocenters. The second-order valence-electron chi connectivity index (χ2n) is 3.44. The highest BCUT2D eigenvalue weighted by atomic mass is 15.4. The van der Waals surface area contributed by atoms with Gasteiger partial charge in [0.15, 0.2) is 0 Å². The van der Waals surface area contributed by atoms with Crippen LogP contribution in [0.4, 0.5) is 0 Å². The van der Waals surface area contributed by atoms with Crippen LogP contribution in [0.1, 0.15) is 33.1 Å². The van der Waals surface area contributed by atoms with Crippen LogP contribution in [0.25, 0.3) is 0 Å². The van der Waals surface area contributed by atoms with E-state index in [2.05, 4.69) is 43.1 Å². The van der Waals surface area contributed by atoms with Gasteiger partial charge in [0.2, 0.25) is 0 Å². The van der Waals surface area contributed by atoms with Crippen molar-refractivity contribution in [3.8, 4) is 0 Å². The van der Waals surface area contributed by atoms with Crippen LogP contribution in [0.3, 0.4) is 0 Å². The predicted molar refractivity (Wildman–Crippen MR) is 52.6 cm³/mol. The topological polar surface area (TPSA) is 6.48 Å². The van der Waals surface area contributed by atoms with Gasteiger partial charge in [-0.1, -0.05) is 20.3 Å². The lowest BCUT2D eigenvalue weighted by Crippen LogP contribution is -2.36. The fourth-order valence-electron chi connectivity index (χ4n) is 1.71. The molecule has 1 heterocycles. The molecule has 0 aromatic rings. The Morgan fingerprint density at radius 3 is 2.58 bits per heavy atom. The summed E-state index contributed by atoms with van der Waals surface area (Å²) in [4.78, 5) is 4.72. The van der Waals surface area contributed by atoms with Crippen LogP contribution in [0.15, 0.2) is 12.4 Å². The maximum Gasteiger partial charge on any atom is 0.100 e. The molecule has 1 unspecified atom stereocenters. The first-order valence-corrected chi connectivity index (χ1v) is 4.95. The molecule has 2 heteroatoms. The summed E-state index contributed by atoms with van der Waals surface area (Å²) in [6.07, 6.45) is 8.77. The van der Waals surface area contributed by atoms with E-state index in [0.29, 0.717) is 6.17 Å². The van der Waals surface area contributed by atoms with E-state index in [4.69, 9.17) is 0 Å². The van der Waals surface area contributed by atoms with Gasteiger partial charge in [0.05, 0.1) is 0 Å². The molecular weight excluding hydrogens is 148 g/mol. The van der Waals surface area contributed by atoms with Crippen LogP contribution in [-0.4, -0.2) is 29.6 Å². The van der Waals surface area contributed by atoms with Gasteiger partial charge in [-0.25, -0.2) is 0 Å². The van der Waals surface area contributed by atoms with Crippen molar-refractivity contribution in [3.05, 3.63) is 12.4 Å². The average molecular weight is 168 g/mol. The molecule has 0 saturated carbocycles. The molecule has 0 aromatic carbocycles. The smallest absolute Gasteiger partial charge is 0.100 e. The van der Waals surface area contributed by atoms with Crippen LogP contribution >= 0.6 is 0 Å². The predicted octanol–water partition coefficient (Wildman–Crippen LogP) is 2.24. The van der Waals surface area contributed by atoms with Crippen LogP contribution in [0.2, 0.25) is 0 Å². The van der Waals surface area contributed by atoms with E-state index in [-0.39, 0.29) is 0 Å². The van der Waals surface area contributed by atoms with Gasteiger partial charge in [-0.3, -0.25) is 0 Å². The molecule has 2 nitrogen and oxygen atoms in total. The number of hydrogen-bond donors (Lipinski definition) is 0. The van der Waals surface area contributed by atoms with Gasteiger partial charge in [-0.05, 0) is 12.8 Å². The molecule has 0 bridgehead atoms. The second-order valence-corrected chi connectivity index (χ2v) is 3.44. The Hall–Kier alpha value is -0.660. The lowest BCUT2D eigenvalue weighted by molar-refractivity contribution is 0.169. The van der Waals surface area contributed by atoms with Gasteiger partial charge in [0.1, 0.15) is 6.17 Å². The Morgan fingerprint density at radius 2 is 2.00 bits per heavy atom. The summed E-state index contributed by atoms with van der Waals surface area (Å²) in [5, 5.41) is 0. The van der Waals surface area contributed by atoms with Gasteiger partial charge in [0.25, 0.3) is 0 Å². The van der Waals surface area contributed by atoms with E-state index in [1.54, 1.807) is 0 Å². The van der Waals surface area contributed by atoms with Crippen molar-refractivity contribution in [3.63, 3.8) is 0 Å². The Kier molecular flexibility index (Phi) is 3.45. The lowest BCUT2D eigenvalue weighted by atomic mass is 10.3. The van der Waals surface area contributed by atoms with Crippen molar-refractivity contribution in [1.82, 2.24) is 9.80 Å². The van der Waals surface area contributed by atoms with Gasteiger partial charge >= 0.3 is 0 Å². The minimum Gasteiger partial charge on any atom is -0.359 e. The molecule has 0 aromatic heterocycles. The summed E-state index contributed by atoms with van der Waals surface area (Å²) < 4.78 is 0. The van der Waals surface area contributed by atoms with E-state index < -0.39 is 0 Å². The van der Waals surface area contributed by atoms with Crippen molar-refractivity contribution in [2.24, 2.45) is 0 Å². The average Bonchev–Trinajstić information content (AvgIpc) is 2.43. The Labute approximate surface area is 75.8 Å². The Balaban J connectivity index is 2.38. The van der Waals surface area contributed by atoms with Crippen molar-refractivity contribution >= 4 is 0 Å². The summed E-state index contributed by atoms with van der Waals surface area (Å²) >= 11 is 0. The molecule has 0 spiro atoms. The molecule has 0 radical (unpaired) electrons. The van der Waals surface area contributed by atoms with Gasteiger partial charge in [-0.15, -0.1) is 0 Å². The molecule has 1 aliphatic heterocycles. The van der Waals surface area contributed by atoms with Crippen LogP contribution in [-0.2, 0) is 0 Å². The van der Waals surface area contributed by atoms with Crippen LogP contribution < -0.4 is 0 Å². The van der Waals surface area contributed by atoms with Gasteiger partial charge in [-0.2, -0.15) is 0 Å². The van der Waals surface area contributed by atoms with Gasteiger partial charge in [0, 0.05) is 26.0 Å². The minimum atomic E-state index is 0.608. The molecule has 12 heavy (non-hydrogen) atoms. The number of rotatable bonds is 4. The van der Waals surface area contributed by atoms with Crippen molar-refractivity contribution in [2.75, 3.05) is 13.6 Å². The fourth-order valence-corrected chi connectivity index (χ4v) is 1.71. The highest BCUT2D eigenvalue weighted by molar-refractivity contribution is 4.94. The van der Waals surface area contributed by atoms with E-state index in [9.17, 15) is 0 Å². The van der Waals surface area contributed by atoms with Crippen molar-refractivity contribution in [1.29, 1.82) is 0 Å². The summed E-state index contributed by atoms with van der Waals surface area (Å²) in [7, 11) is 2.15. The Morgan fingerprint density at radius 1 is 1.25 bits per heavy atom. The number of hydrogen-bond acceptors (Lipinski definition) is 2. The molecular formula is C10H20N2. The first-order chi connectivity index (χ1) is 5.79. The summed E-state index contributed by atoms with van der Waals surface area (Å²) in [6.45, 7) is 5.69.